The maximum atomic E-state index is 13.1. The maximum absolute atomic E-state index is 13.1. The molecule has 30 heavy (non-hydrogen) atoms. The summed E-state index contributed by atoms with van der Waals surface area (Å²) in [7, 11) is 0. The first-order valence-electron chi connectivity index (χ1n) is 10.7. The Morgan fingerprint density at radius 2 is 1.83 bits per heavy atom. The third-order valence-corrected chi connectivity index (χ3v) is 6.20. The number of aryl methyl sites for hydroxylation is 2. The fourth-order valence-corrected chi connectivity index (χ4v) is 4.53. The molecule has 3 aromatic rings. The number of aliphatic hydroxyl groups excluding tert-OH is 1. The molecule has 2 N–H and O–H groups in total. The Labute approximate surface area is 176 Å². The van der Waals surface area contributed by atoms with Gasteiger partial charge in [-0.25, -0.2) is 0 Å². The molecular weight excluding hydrogens is 376 g/mol. The van der Waals surface area contributed by atoms with Gasteiger partial charge in [0.2, 0.25) is 0 Å². The number of nitrogens with zero attached hydrogens (tertiary/aromatic N) is 1. The molecule has 0 radical (unpaired) electrons. The maximum Gasteiger partial charge on any atom is 0.260 e. The molecule has 0 saturated heterocycles. The highest BCUT2D eigenvalue weighted by atomic mass is 16.3. The van der Waals surface area contributed by atoms with Crippen LogP contribution >= 0.6 is 0 Å². The van der Waals surface area contributed by atoms with Crippen molar-refractivity contribution in [2.24, 2.45) is 5.92 Å². The Morgan fingerprint density at radius 3 is 2.57 bits per heavy atom. The first-order valence-corrected chi connectivity index (χ1v) is 10.7. The molecule has 0 aliphatic heterocycles. The van der Waals surface area contributed by atoms with Crippen LogP contribution in [0.2, 0.25) is 0 Å². The van der Waals surface area contributed by atoms with Gasteiger partial charge in [-0.05, 0) is 56.5 Å². The Kier molecular flexibility index (Phi) is 5.73. The highest BCUT2D eigenvalue weighted by Gasteiger charge is 2.24. The smallest absolute Gasteiger partial charge is 0.260 e. The second kappa shape index (κ2) is 8.44. The number of amides is 1. The molecule has 5 nitrogen and oxygen atoms in total. The number of carbonyl (C=O) groups is 1. The first kappa shape index (κ1) is 20.4. The highest BCUT2D eigenvalue weighted by Crippen LogP contribution is 2.31. The Hall–Kier alpha value is -2.92. The summed E-state index contributed by atoms with van der Waals surface area (Å²) in [6, 6.07) is 12.8. The molecule has 1 atom stereocenters. The lowest BCUT2D eigenvalue weighted by Crippen LogP contribution is -2.30. The highest BCUT2D eigenvalue weighted by molar-refractivity contribution is 6.09. The van der Waals surface area contributed by atoms with E-state index in [4.69, 9.17) is 0 Å². The number of carbonyl (C=O) groups excluding carboxylic acids is 1. The lowest BCUT2D eigenvalue weighted by Gasteiger charge is -2.28. The zero-order chi connectivity index (χ0) is 21.3. The zero-order valence-corrected chi connectivity index (χ0v) is 17.5. The van der Waals surface area contributed by atoms with Crippen LogP contribution in [0.1, 0.15) is 59.8 Å². The van der Waals surface area contributed by atoms with E-state index in [0.29, 0.717) is 22.0 Å². The third kappa shape index (κ3) is 3.90. The van der Waals surface area contributed by atoms with E-state index in [1.165, 1.54) is 11.0 Å². The summed E-state index contributed by atoms with van der Waals surface area (Å²) in [5.41, 5.74) is 2.98. The molecule has 1 fully saturated rings. The molecule has 2 aromatic carbocycles. The van der Waals surface area contributed by atoms with Crippen molar-refractivity contribution >= 4 is 22.4 Å². The van der Waals surface area contributed by atoms with Gasteiger partial charge in [0.05, 0.1) is 0 Å². The van der Waals surface area contributed by atoms with E-state index in [2.05, 4.69) is 5.32 Å². The molecule has 5 heteroatoms. The zero-order valence-electron chi connectivity index (χ0n) is 17.5. The summed E-state index contributed by atoms with van der Waals surface area (Å²) in [6.07, 6.45) is 6.11. The summed E-state index contributed by atoms with van der Waals surface area (Å²) in [4.78, 5) is 25.9. The average molecular weight is 405 g/mol. The predicted molar refractivity (Wildman–Crippen MR) is 120 cm³/mol. The van der Waals surface area contributed by atoms with Crippen LogP contribution in [0.15, 0.2) is 53.5 Å². The van der Waals surface area contributed by atoms with Crippen molar-refractivity contribution in [1.82, 2.24) is 4.57 Å². The molecule has 0 spiro atoms. The van der Waals surface area contributed by atoms with Gasteiger partial charge >= 0.3 is 0 Å². The summed E-state index contributed by atoms with van der Waals surface area (Å²) in [5.74, 6) is -0.0901. The molecule has 4 rings (SSSR count). The van der Waals surface area contributed by atoms with Crippen molar-refractivity contribution in [1.29, 1.82) is 0 Å². The van der Waals surface area contributed by atoms with Crippen molar-refractivity contribution in [2.45, 2.75) is 52.2 Å². The molecule has 1 amide bonds. The van der Waals surface area contributed by atoms with Crippen LogP contribution in [-0.4, -0.2) is 15.6 Å². The summed E-state index contributed by atoms with van der Waals surface area (Å²) in [6.45, 7) is 3.91. The number of aliphatic hydroxyl groups is 1. The number of hydrogen-bond acceptors (Lipinski definition) is 3. The quantitative estimate of drug-likeness (QED) is 0.647. The van der Waals surface area contributed by atoms with E-state index in [1.54, 1.807) is 30.5 Å². The first-order chi connectivity index (χ1) is 14.5. The summed E-state index contributed by atoms with van der Waals surface area (Å²) >= 11 is 0. The minimum Gasteiger partial charge on any atom is -0.373 e. The lowest BCUT2D eigenvalue weighted by atomic mass is 9.88. The normalized spacial score (nSPS) is 15.8. The number of fused-ring (bicyclic) bond motifs is 1. The van der Waals surface area contributed by atoms with Gasteiger partial charge in [0.15, 0.2) is 0 Å². The molecule has 1 unspecified atom stereocenters. The van der Waals surface area contributed by atoms with Crippen LogP contribution in [0.25, 0.3) is 10.8 Å². The third-order valence-electron chi connectivity index (χ3n) is 6.20. The summed E-state index contributed by atoms with van der Waals surface area (Å²) < 4.78 is 1.44. The summed E-state index contributed by atoms with van der Waals surface area (Å²) in [5, 5.41) is 14.9. The minimum absolute atomic E-state index is 0.112. The molecular formula is C25H28N2O3. The van der Waals surface area contributed by atoms with Crippen molar-refractivity contribution in [3.63, 3.8) is 0 Å². The SMILES string of the molecule is Cc1ccc(C(=O)Nc2cccc3c(=O)n(C(O)C4CCCCC4)ccc23)c(C)c1. The van der Waals surface area contributed by atoms with Gasteiger partial charge in [-0.15, -0.1) is 0 Å². The van der Waals surface area contributed by atoms with Crippen molar-refractivity contribution in [3.8, 4) is 0 Å². The van der Waals surface area contributed by atoms with Crippen LogP contribution in [0, 0.1) is 19.8 Å². The molecule has 1 aliphatic rings. The van der Waals surface area contributed by atoms with Gasteiger partial charge in [-0.2, -0.15) is 0 Å². The van der Waals surface area contributed by atoms with Crippen LogP contribution < -0.4 is 10.9 Å². The number of pyridine rings is 1. The number of hydrogen-bond donors (Lipinski definition) is 2. The molecule has 1 saturated carbocycles. The molecule has 1 heterocycles. The van der Waals surface area contributed by atoms with Gasteiger partial charge in [-0.3, -0.25) is 14.2 Å². The minimum atomic E-state index is -0.810. The van der Waals surface area contributed by atoms with Crippen LogP contribution in [0.3, 0.4) is 0 Å². The monoisotopic (exact) mass is 404 g/mol. The number of rotatable bonds is 4. The molecule has 0 bridgehead atoms. The van der Waals surface area contributed by atoms with Gasteiger partial charge in [0.1, 0.15) is 6.23 Å². The largest absolute Gasteiger partial charge is 0.373 e. The van der Waals surface area contributed by atoms with Gasteiger partial charge in [-0.1, -0.05) is 43.0 Å². The molecule has 1 aliphatic carbocycles. The van der Waals surface area contributed by atoms with E-state index >= 15 is 0 Å². The molecule has 1 aromatic heterocycles. The van der Waals surface area contributed by atoms with Gasteiger partial charge < -0.3 is 10.4 Å². The van der Waals surface area contributed by atoms with Crippen LogP contribution in [0.4, 0.5) is 5.69 Å². The predicted octanol–water partition coefficient (Wildman–Crippen LogP) is 4.94. The fourth-order valence-electron chi connectivity index (χ4n) is 4.53. The number of nitrogens with one attached hydrogen (secondary N) is 1. The number of aromatic nitrogens is 1. The van der Waals surface area contributed by atoms with E-state index in [-0.39, 0.29) is 17.4 Å². The number of anilines is 1. The van der Waals surface area contributed by atoms with E-state index in [0.717, 1.165) is 36.8 Å². The van der Waals surface area contributed by atoms with Crippen molar-refractivity contribution in [2.75, 3.05) is 5.32 Å². The lowest BCUT2D eigenvalue weighted by molar-refractivity contribution is 0.0210. The van der Waals surface area contributed by atoms with E-state index in [1.807, 2.05) is 32.0 Å². The standard InChI is InChI=1S/C25H28N2O3/c1-16-11-12-19(17(2)15-16)23(28)26-22-10-6-9-21-20(22)13-14-27(25(21)30)24(29)18-7-4-3-5-8-18/h6,9-15,18,24,29H,3-5,7-8H2,1-2H3,(H,26,28). The Morgan fingerprint density at radius 1 is 1.07 bits per heavy atom. The fraction of sp³-hybridized carbons (Fsp3) is 0.360. The molecule has 156 valence electrons. The topological polar surface area (TPSA) is 71.3 Å². The van der Waals surface area contributed by atoms with E-state index in [9.17, 15) is 14.7 Å². The second-order valence-electron chi connectivity index (χ2n) is 8.38. The van der Waals surface area contributed by atoms with Crippen LogP contribution in [-0.2, 0) is 0 Å². The van der Waals surface area contributed by atoms with Crippen molar-refractivity contribution in [3.05, 3.63) is 75.7 Å². The second-order valence-corrected chi connectivity index (χ2v) is 8.38. The van der Waals surface area contributed by atoms with E-state index < -0.39 is 6.23 Å². The van der Waals surface area contributed by atoms with Gasteiger partial charge in [0, 0.05) is 34.1 Å². The number of benzene rings is 2. The Balaban J connectivity index is 1.66. The average Bonchev–Trinajstić information content (AvgIpc) is 2.74. The Bertz CT molecular complexity index is 1140. The van der Waals surface area contributed by atoms with Gasteiger partial charge in [0.25, 0.3) is 11.5 Å². The van der Waals surface area contributed by atoms with Crippen molar-refractivity contribution < 1.29 is 9.90 Å². The van der Waals surface area contributed by atoms with Crippen LogP contribution in [0.5, 0.6) is 0 Å².